The number of hydrogen-bond acceptors (Lipinski definition) is 14. The van der Waals surface area contributed by atoms with Crippen LogP contribution in [0.5, 0.6) is 0 Å². The van der Waals surface area contributed by atoms with Crippen LogP contribution in [0.1, 0.15) is 149 Å². The normalized spacial score (nSPS) is 15.8. The van der Waals surface area contributed by atoms with Gasteiger partial charge < -0.3 is 55.2 Å². The fourth-order valence-electron chi connectivity index (χ4n) is 9.69. The Bertz CT molecular complexity index is 2170. The van der Waals surface area contributed by atoms with Gasteiger partial charge in [-0.3, -0.25) is 52.7 Å². The van der Waals surface area contributed by atoms with Crippen LogP contribution in [-0.2, 0) is 62.2 Å². The molecule has 0 aromatic heterocycles. The summed E-state index contributed by atoms with van der Waals surface area (Å²) in [6.07, 6.45) is 3.21. The lowest BCUT2D eigenvalue weighted by Crippen LogP contribution is -2.64. The van der Waals surface area contributed by atoms with E-state index in [0.29, 0.717) is 12.8 Å². The molecule has 8 amide bonds. The van der Waals surface area contributed by atoms with Gasteiger partial charge in [0.2, 0.25) is 47.3 Å². The Balaban J connectivity index is 7.20. The van der Waals surface area contributed by atoms with E-state index in [9.17, 15) is 43.2 Å². The number of ether oxygens (including phenoxy) is 2. The van der Waals surface area contributed by atoms with Gasteiger partial charge in [-0.15, -0.1) is 0 Å². The van der Waals surface area contributed by atoms with E-state index in [2.05, 4.69) is 10.6 Å². The van der Waals surface area contributed by atoms with Crippen molar-refractivity contribution in [3.05, 3.63) is 12.2 Å². The lowest BCUT2D eigenvalue weighted by molar-refractivity contribution is -0.164. The van der Waals surface area contributed by atoms with Gasteiger partial charge in [-0.1, -0.05) is 102 Å². The van der Waals surface area contributed by atoms with Gasteiger partial charge in [0.1, 0.15) is 48.9 Å². The van der Waals surface area contributed by atoms with Gasteiger partial charge in [-0.2, -0.15) is 0 Å². The number of hydrogen-bond donors (Lipinski definition) is 3. The van der Waals surface area contributed by atoms with Crippen LogP contribution < -0.4 is 16.4 Å². The van der Waals surface area contributed by atoms with Crippen molar-refractivity contribution in [3.8, 4) is 0 Å². The van der Waals surface area contributed by atoms with Gasteiger partial charge >= 0.3 is 11.9 Å². The molecular formula is C59H105N9O13. The highest BCUT2D eigenvalue weighted by atomic mass is 16.5. The number of nitrogens with one attached hydrogen (secondary N) is 2. The molecule has 0 fully saturated rings. The fourth-order valence-corrected chi connectivity index (χ4v) is 9.69. The number of allylic oxidation sites excluding steroid dienone is 2. The van der Waals surface area contributed by atoms with Crippen molar-refractivity contribution in [2.75, 3.05) is 55.9 Å². The molecule has 4 N–H and O–H groups in total. The first-order valence-corrected chi connectivity index (χ1v) is 28.7. The molecule has 0 saturated heterocycles. The summed E-state index contributed by atoms with van der Waals surface area (Å²) in [7, 11) is 9.80. The number of carbonyl (C=O) groups is 11. The van der Waals surface area contributed by atoms with E-state index in [4.69, 9.17) is 15.2 Å². The minimum atomic E-state index is -1.54. The maximum atomic E-state index is 15.2. The Labute approximate surface area is 484 Å². The summed E-state index contributed by atoms with van der Waals surface area (Å²) in [4.78, 5) is 161. The Morgan fingerprint density at radius 1 is 0.556 bits per heavy atom. The first kappa shape index (κ1) is 75.1. The first-order valence-electron chi connectivity index (χ1n) is 28.7. The molecule has 22 nitrogen and oxygen atoms in total. The van der Waals surface area contributed by atoms with Gasteiger partial charge in [0.15, 0.2) is 5.78 Å². The van der Waals surface area contributed by atoms with Gasteiger partial charge in [0, 0.05) is 61.5 Å². The summed E-state index contributed by atoms with van der Waals surface area (Å²) < 4.78 is 10.6. The molecule has 0 rings (SSSR count). The Morgan fingerprint density at radius 2 is 1.01 bits per heavy atom. The molecule has 0 aliphatic heterocycles. The zero-order valence-corrected chi connectivity index (χ0v) is 53.4. The van der Waals surface area contributed by atoms with Gasteiger partial charge in [0.05, 0.1) is 19.2 Å². The molecule has 0 bridgehead atoms. The molecule has 0 heterocycles. The molecule has 11 atom stereocenters. The van der Waals surface area contributed by atoms with Crippen molar-refractivity contribution in [2.24, 2.45) is 47.2 Å². The average Bonchev–Trinajstić information content (AvgIpc) is 3.38. The predicted molar refractivity (Wildman–Crippen MR) is 311 cm³/mol. The Kier molecular flexibility index (Phi) is 32.6. The minimum absolute atomic E-state index is 0.0443. The molecule has 0 aromatic rings. The number of nitrogens with two attached hydrogens (primary N) is 1. The summed E-state index contributed by atoms with van der Waals surface area (Å²) >= 11 is 0. The highest BCUT2D eigenvalue weighted by Gasteiger charge is 2.46. The Morgan fingerprint density at radius 3 is 1.44 bits per heavy atom. The fraction of sp³-hybridized carbons (Fsp3) is 0.780. The highest BCUT2D eigenvalue weighted by molar-refractivity contribution is 5.98. The van der Waals surface area contributed by atoms with E-state index in [1.807, 2.05) is 61.5 Å². The van der Waals surface area contributed by atoms with Crippen molar-refractivity contribution in [1.29, 1.82) is 0 Å². The van der Waals surface area contributed by atoms with E-state index in [1.54, 1.807) is 47.6 Å². The van der Waals surface area contributed by atoms with Gasteiger partial charge in [-0.25, -0.2) is 0 Å². The first-order chi connectivity index (χ1) is 37.4. The molecule has 0 aromatic carbocycles. The van der Waals surface area contributed by atoms with Crippen LogP contribution >= 0.6 is 0 Å². The third-order valence-electron chi connectivity index (χ3n) is 14.8. The molecule has 464 valence electrons. The lowest BCUT2D eigenvalue weighted by atomic mass is 9.91. The predicted octanol–water partition coefficient (Wildman–Crippen LogP) is 4.06. The van der Waals surface area contributed by atoms with E-state index in [-0.39, 0.29) is 61.0 Å². The van der Waals surface area contributed by atoms with E-state index < -0.39 is 132 Å². The van der Waals surface area contributed by atoms with Crippen molar-refractivity contribution in [2.45, 2.75) is 204 Å². The largest absolute Gasteiger partial charge is 0.468 e. The zero-order valence-electron chi connectivity index (χ0n) is 53.4. The molecule has 0 aliphatic carbocycles. The molecule has 81 heavy (non-hydrogen) atoms. The standard InChI is InChI=1S/C59H105N9O13/c1-24-26-27-38(13)51(81-41(16)69)50(53(73)62-42(25-2)55(75)63(17)32-47(71)80-23)68(22)59(79)49(37(11)12)67(21)57(77)45(30-35(7)8)66(20)56(76)44(29-34(5)6)65(19)54(74)40(15)61-52(72)39(14)31-46(70)43(28-33(3)4)64(18)58(78)48(60)36(9)10/h24,26,33-40,42-45,48-51H,25,27-32,60H2,1-23H3,(H,61,72)(H,62,73)/b26-24+/t38-,39-,40-,42+,43+,44+,45+,48+,49+,50+,51-/m1/s1. The van der Waals surface area contributed by atoms with Crippen LogP contribution in [0.2, 0.25) is 0 Å². The van der Waals surface area contributed by atoms with Crippen LogP contribution in [0.25, 0.3) is 0 Å². The third-order valence-corrected chi connectivity index (χ3v) is 14.8. The number of ketones is 1. The minimum Gasteiger partial charge on any atom is -0.468 e. The second kappa shape index (κ2) is 35.2. The molecule has 22 heteroatoms. The number of likely N-dealkylation sites (N-methyl/N-ethyl adjacent to an activating group) is 6. The average molecular weight is 1150 g/mol. The van der Waals surface area contributed by atoms with Crippen LogP contribution in [-0.4, -0.2) is 205 Å². The molecule has 0 unspecified atom stereocenters. The maximum Gasteiger partial charge on any atom is 0.325 e. The van der Waals surface area contributed by atoms with Crippen molar-refractivity contribution >= 4 is 65.0 Å². The number of nitrogens with zero attached hydrogens (tertiary/aromatic N) is 6. The number of carbonyl (C=O) groups excluding carboxylic acids is 11. The summed E-state index contributed by atoms with van der Waals surface area (Å²) in [5.41, 5.74) is 6.16. The molecule has 0 radical (unpaired) electrons. The number of methoxy groups -OCH3 is 1. The van der Waals surface area contributed by atoms with E-state index in [0.717, 1.165) is 9.80 Å². The number of amides is 8. The van der Waals surface area contributed by atoms with E-state index >= 15 is 9.59 Å². The van der Waals surface area contributed by atoms with Gasteiger partial charge in [0.25, 0.3) is 0 Å². The van der Waals surface area contributed by atoms with Gasteiger partial charge in [-0.05, 0) is 81.5 Å². The summed E-state index contributed by atoms with van der Waals surface area (Å²) in [6, 6.07) is -9.05. The summed E-state index contributed by atoms with van der Waals surface area (Å²) in [5.74, 6) is -9.12. The second-order valence-corrected chi connectivity index (χ2v) is 24.0. The van der Waals surface area contributed by atoms with Crippen molar-refractivity contribution in [3.63, 3.8) is 0 Å². The van der Waals surface area contributed by atoms with Crippen LogP contribution in [0.15, 0.2) is 12.2 Å². The van der Waals surface area contributed by atoms with E-state index in [1.165, 1.54) is 82.8 Å². The van der Waals surface area contributed by atoms with Crippen molar-refractivity contribution in [1.82, 2.24) is 40.0 Å². The zero-order chi connectivity index (χ0) is 63.2. The van der Waals surface area contributed by atoms with Crippen LogP contribution in [0.3, 0.4) is 0 Å². The van der Waals surface area contributed by atoms with Crippen molar-refractivity contribution < 1.29 is 62.2 Å². The summed E-state index contributed by atoms with van der Waals surface area (Å²) in [5, 5.41) is 5.45. The number of Topliss-reactive ketones (excluding diaryl/α,β-unsaturated/α-hetero) is 1. The quantitative estimate of drug-likeness (QED) is 0.0606. The molecule has 0 saturated carbocycles. The highest BCUT2D eigenvalue weighted by Crippen LogP contribution is 2.27. The number of rotatable bonds is 34. The second-order valence-electron chi connectivity index (χ2n) is 24.0. The van der Waals surface area contributed by atoms with Crippen LogP contribution in [0, 0.1) is 41.4 Å². The molecule has 0 spiro atoms. The topological polar surface area (TPSA) is 276 Å². The molecule has 0 aliphatic rings. The lowest BCUT2D eigenvalue weighted by Gasteiger charge is -2.42. The smallest absolute Gasteiger partial charge is 0.325 e. The number of esters is 2. The summed E-state index contributed by atoms with van der Waals surface area (Å²) in [6.45, 7) is 27.4. The molecular weight excluding hydrogens is 1040 g/mol. The van der Waals surface area contributed by atoms with Crippen LogP contribution in [0.4, 0.5) is 0 Å². The monoisotopic (exact) mass is 1150 g/mol. The third kappa shape index (κ3) is 22.7. The Hall–Kier alpha value is -5.93. The SMILES string of the molecule is C/C=C/C[C@@H](C)[C@@H](OC(C)=O)[C@@H](C(=O)N[C@@H](CC)C(=O)N(C)CC(=O)OC)N(C)C(=O)[C@H](C(C)C)N(C)C(=O)[C@H](CC(C)C)N(C)C(=O)[C@H](CC(C)C)N(C)C(=O)[C@@H](C)NC(=O)[C@H](C)CC(=O)[C@H](CC(C)C)N(C)C(=O)[C@@H](N)C(C)C. The maximum absolute atomic E-state index is 15.2.